The Balaban J connectivity index is 2.44. The van der Waals surface area contributed by atoms with E-state index in [1.54, 1.807) is 5.38 Å². The summed E-state index contributed by atoms with van der Waals surface area (Å²) in [5.74, 6) is -0.207. The van der Waals surface area contributed by atoms with E-state index < -0.39 is 0 Å². The zero-order valence-corrected chi connectivity index (χ0v) is 9.88. The van der Waals surface area contributed by atoms with Crippen molar-refractivity contribution in [2.24, 2.45) is 5.73 Å². The van der Waals surface area contributed by atoms with E-state index in [2.05, 4.69) is 10.3 Å². The second kappa shape index (κ2) is 6.20. The van der Waals surface area contributed by atoms with Crippen molar-refractivity contribution >= 4 is 17.2 Å². The maximum absolute atomic E-state index is 11.6. The van der Waals surface area contributed by atoms with Crippen LogP contribution in [0.3, 0.4) is 0 Å². The van der Waals surface area contributed by atoms with E-state index in [4.69, 9.17) is 11.0 Å². The van der Waals surface area contributed by atoms with Gasteiger partial charge in [-0.05, 0) is 13.3 Å². The number of rotatable bonds is 5. The van der Waals surface area contributed by atoms with Crippen LogP contribution in [-0.4, -0.2) is 17.4 Å². The molecule has 5 nitrogen and oxygen atoms in total. The highest BCUT2D eigenvalue weighted by Gasteiger charge is 2.11. The van der Waals surface area contributed by atoms with Crippen LogP contribution in [0.25, 0.3) is 0 Å². The number of thiazole rings is 1. The average Bonchev–Trinajstić information content (AvgIpc) is 2.73. The molecule has 1 unspecified atom stereocenters. The fraction of sp³-hybridized carbons (Fsp3) is 0.500. The first-order chi connectivity index (χ1) is 7.65. The molecule has 0 aliphatic heterocycles. The summed E-state index contributed by atoms with van der Waals surface area (Å²) in [4.78, 5) is 15.7. The summed E-state index contributed by atoms with van der Waals surface area (Å²) in [6.45, 7) is 2.32. The van der Waals surface area contributed by atoms with Crippen molar-refractivity contribution in [3.63, 3.8) is 0 Å². The van der Waals surface area contributed by atoms with Crippen molar-refractivity contribution < 1.29 is 4.79 Å². The summed E-state index contributed by atoms with van der Waals surface area (Å²) in [5.41, 5.74) is 6.04. The molecule has 0 saturated carbocycles. The van der Waals surface area contributed by atoms with E-state index in [1.165, 1.54) is 11.3 Å². The number of hydrogen-bond donors (Lipinski definition) is 2. The fourth-order valence-electron chi connectivity index (χ4n) is 1.06. The van der Waals surface area contributed by atoms with Gasteiger partial charge in [0.1, 0.15) is 10.7 Å². The van der Waals surface area contributed by atoms with Gasteiger partial charge in [0.25, 0.3) is 5.91 Å². The van der Waals surface area contributed by atoms with Gasteiger partial charge >= 0.3 is 0 Å². The van der Waals surface area contributed by atoms with Crippen LogP contribution in [0, 0.1) is 11.3 Å². The first-order valence-electron chi connectivity index (χ1n) is 5.01. The zero-order chi connectivity index (χ0) is 12.0. The van der Waals surface area contributed by atoms with Gasteiger partial charge < -0.3 is 11.1 Å². The average molecular weight is 238 g/mol. The Morgan fingerprint density at radius 3 is 3.12 bits per heavy atom. The van der Waals surface area contributed by atoms with E-state index in [0.717, 1.165) is 5.01 Å². The molecule has 0 fully saturated rings. The summed E-state index contributed by atoms with van der Waals surface area (Å²) in [7, 11) is 0. The molecule has 0 bridgehead atoms. The number of hydrogen-bond acceptors (Lipinski definition) is 5. The minimum absolute atomic E-state index is 0.148. The van der Waals surface area contributed by atoms with Crippen LogP contribution in [0.2, 0.25) is 0 Å². The van der Waals surface area contributed by atoms with E-state index in [0.29, 0.717) is 25.1 Å². The van der Waals surface area contributed by atoms with E-state index in [1.807, 2.05) is 13.0 Å². The van der Waals surface area contributed by atoms with Gasteiger partial charge in [-0.15, -0.1) is 11.3 Å². The van der Waals surface area contributed by atoms with Crippen LogP contribution < -0.4 is 11.1 Å². The summed E-state index contributed by atoms with van der Waals surface area (Å²) in [5, 5.41) is 13.5. The topological polar surface area (TPSA) is 91.8 Å². The molecule has 0 aliphatic carbocycles. The van der Waals surface area contributed by atoms with Crippen molar-refractivity contribution in [2.75, 3.05) is 6.54 Å². The van der Waals surface area contributed by atoms with Crippen LogP contribution in [0.4, 0.5) is 0 Å². The van der Waals surface area contributed by atoms with E-state index in [9.17, 15) is 4.79 Å². The molecule has 86 valence electrons. The number of nitrogens with zero attached hydrogens (tertiary/aromatic N) is 2. The highest BCUT2D eigenvalue weighted by atomic mass is 32.1. The van der Waals surface area contributed by atoms with Gasteiger partial charge in [-0.1, -0.05) is 0 Å². The summed E-state index contributed by atoms with van der Waals surface area (Å²) >= 11 is 1.38. The van der Waals surface area contributed by atoms with Gasteiger partial charge in [0.2, 0.25) is 0 Å². The summed E-state index contributed by atoms with van der Waals surface area (Å²) < 4.78 is 0. The van der Waals surface area contributed by atoms with Crippen LogP contribution in [-0.2, 0) is 0 Å². The largest absolute Gasteiger partial charge is 0.351 e. The quantitative estimate of drug-likeness (QED) is 0.754. The number of nitrogens with one attached hydrogen (secondary N) is 1. The predicted octanol–water partition coefficient (Wildman–Crippen LogP) is 1.20. The van der Waals surface area contributed by atoms with Crippen molar-refractivity contribution in [1.82, 2.24) is 10.3 Å². The smallest absolute Gasteiger partial charge is 0.270 e. The Morgan fingerprint density at radius 2 is 2.56 bits per heavy atom. The van der Waals surface area contributed by atoms with Gasteiger partial charge in [0.05, 0.1) is 12.1 Å². The molecule has 3 N–H and O–H groups in total. The lowest BCUT2D eigenvalue weighted by molar-refractivity contribution is 0.0949. The SMILES string of the molecule is CC(N)c1nc(C(=O)NCCCC#N)cs1. The fourth-order valence-corrected chi connectivity index (χ4v) is 1.82. The predicted molar refractivity (Wildman–Crippen MR) is 61.9 cm³/mol. The third-order valence-electron chi connectivity index (χ3n) is 1.90. The number of carbonyl (C=O) groups is 1. The van der Waals surface area contributed by atoms with Crippen LogP contribution in [0.1, 0.15) is 41.3 Å². The Kier molecular flexibility index (Phi) is 4.89. The lowest BCUT2D eigenvalue weighted by Crippen LogP contribution is -2.24. The lowest BCUT2D eigenvalue weighted by Gasteiger charge is -2.00. The first kappa shape index (κ1) is 12.6. The monoisotopic (exact) mass is 238 g/mol. The van der Waals surface area contributed by atoms with Gasteiger partial charge in [-0.25, -0.2) is 4.98 Å². The molecule has 1 aromatic rings. The molecule has 16 heavy (non-hydrogen) atoms. The number of nitrogens with two attached hydrogens (primary N) is 1. The highest BCUT2D eigenvalue weighted by Crippen LogP contribution is 2.15. The third kappa shape index (κ3) is 3.61. The van der Waals surface area contributed by atoms with Gasteiger partial charge in [0.15, 0.2) is 0 Å². The normalized spacial score (nSPS) is 11.8. The second-order valence-corrected chi connectivity index (χ2v) is 4.27. The van der Waals surface area contributed by atoms with E-state index in [-0.39, 0.29) is 11.9 Å². The Labute approximate surface area is 98.3 Å². The molecule has 1 aromatic heterocycles. The molecule has 6 heteroatoms. The van der Waals surface area contributed by atoms with Crippen molar-refractivity contribution in [3.8, 4) is 6.07 Å². The number of amides is 1. The van der Waals surface area contributed by atoms with Crippen molar-refractivity contribution in [1.29, 1.82) is 5.26 Å². The summed E-state index contributed by atoms with van der Waals surface area (Å²) in [6, 6.07) is 1.87. The Bertz CT molecular complexity index is 394. The minimum Gasteiger partial charge on any atom is -0.351 e. The van der Waals surface area contributed by atoms with Gasteiger partial charge in [-0.3, -0.25) is 4.79 Å². The molecule has 0 radical (unpaired) electrons. The molecule has 0 aromatic carbocycles. The van der Waals surface area contributed by atoms with Crippen LogP contribution in [0.15, 0.2) is 5.38 Å². The molecule has 1 atom stereocenters. The van der Waals surface area contributed by atoms with Crippen LogP contribution in [0.5, 0.6) is 0 Å². The maximum Gasteiger partial charge on any atom is 0.270 e. The van der Waals surface area contributed by atoms with Crippen LogP contribution >= 0.6 is 11.3 Å². The summed E-state index contributed by atoms with van der Waals surface area (Å²) in [6.07, 6.45) is 1.11. The first-order valence-corrected chi connectivity index (χ1v) is 5.89. The van der Waals surface area contributed by atoms with E-state index >= 15 is 0 Å². The molecule has 0 saturated heterocycles. The zero-order valence-electron chi connectivity index (χ0n) is 9.06. The second-order valence-electron chi connectivity index (χ2n) is 3.38. The number of carbonyl (C=O) groups excluding carboxylic acids is 1. The van der Waals surface area contributed by atoms with Crippen molar-refractivity contribution in [2.45, 2.75) is 25.8 Å². The van der Waals surface area contributed by atoms with Gasteiger partial charge in [-0.2, -0.15) is 5.26 Å². The third-order valence-corrected chi connectivity index (χ3v) is 2.94. The Morgan fingerprint density at radius 1 is 1.81 bits per heavy atom. The molecule has 0 aliphatic rings. The number of unbranched alkanes of at least 4 members (excludes halogenated alkanes) is 1. The molecular weight excluding hydrogens is 224 g/mol. The molecule has 1 amide bonds. The Hall–Kier alpha value is -1.45. The van der Waals surface area contributed by atoms with Gasteiger partial charge in [0, 0.05) is 18.3 Å². The molecular formula is C10H14N4OS. The molecule has 0 spiro atoms. The number of aromatic nitrogens is 1. The standard InChI is InChI=1S/C10H14N4OS/c1-7(12)10-14-8(6-16-10)9(15)13-5-3-2-4-11/h6-7H,2-3,5,12H2,1H3,(H,13,15). The lowest BCUT2D eigenvalue weighted by atomic mass is 10.3. The molecule has 1 rings (SSSR count). The maximum atomic E-state index is 11.6. The number of nitriles is 1. The van der Waals surface area contributed by atoms with Crippen molar-refractivity contribution in [3.05, 3.63) is 16.1 Å². The molecule has 1 heterocycles. The highest BCUT2D eigenvalue weighted by molar-refractivity contribution is 7.09. The minimum atomic E-state index is -0.207.